The summed E-state index contributed by atoms with van der Waals surface area (Å²) in [6, 6.07) is 17.1. The van der Waals surface area contributed by atoms with E-state index in [4.69, 9.17) is 0 Å². The van der Waals surface area contributed by atoms with Crippen molar-refractivity contribution in [1.29, 1.82) is 0 Å². The van der Waals surface area contributed by atoms with Gasteiger partial charge in [-0.3, -0.25) is 11.5 Å². The summed E-state index contributed by atoms with van der Waals surface area (Å²) in [5.74, 6) is 0. The summed E-state index contributed by atoms with van der Waals surface area (Å²) in [6.07, 6.45) is -3.95. The van der Waals surface area contributed by atoms with Crippen LogP contribution in [0.3, 0.4) is 0 Å². The Morgan fingerprint density at radius 3 is 1.47 bits per heavy atom. The van der Waals surface area contributed by atoms with E-state index in [1.54, 1.807) is 0 Å². The number of hydrogen-bond donors (Lipinski definition) is 0. The molecule has 0 bridgehead atoms. The molecule has 9 heteroatoms. The quantitative estimate of drug-likeness (QED) is 0.0833. The maximum atomic E-state index is 13.3. The Hall–Kier alpha value is -2.17. The van der Waals surface area contributed by atoms with E-state index in [1.807, 2.05) is 12.1 Å². The fraction of sp³-hybridized carbons (Fsp3) is 0.353. The molecule has 1 aliphatic carbocycles. The topological polar surface area (TPSA) is 0 Å². The zero-order chi connectivity index (χ0) is 31.5. The van der Waals surface area contributed by atoms with Gasteiger partial charge in [-0.15, -0.1) is 17.5 Å². The van der Waals surface area contributed by atoms with Crippen molar-refractivity contribution in [3.05, 3.63) is 113 Å². The minimum Gasteiger partial charge on any atom is -0.288 e. The Bertz CT molecular complexity index is 1390. The third-order valence-corrected chi connectivity index (χ3v) is 12.9. The second-order valence-corrected chi connectivity index (χ2v) is 18.1. The van der Waals surface area contributed by atoms with E-state index in [1.165, 1.54) is 24.3 Å². The van der Waals surface area contributed by atoms with E-state index in [0.29, 0.717) is 10.6 Å². The summed E-state index contributed by atoms with van der Waals surface area (Å²) >= 11 is 0. The number of halogens is 6. The van der Waals surface area contributed by atoms with Crippen molar-refractivity contribution in [2.75, 3.05) is 0 Å². The van der Waals surface area contributed by atoms with Crippen LogP contribution in [0, 0.1) is 18.2 Å². The predicted octanol–water partition coefficient (Wildman–Crippen LogP) is 9.77. The van der Waals surface area contributed by atoms with E-state index in [0.717, 1.165) is 35.1 Å². The summed E-state index contributed by atoms with van der Waals surface area (Å²) in [5, 5.41) is 2.24. The Labute approximate surface area is 264 Å². The first-order chi connectivity index (χ1) is 19.3. The molecule has 0 aliphatic heterocycles. The van der Waals surface area contributed by atoms with Crippen LogP contribution in [-0.2, 0) is 29.4 Å². The average Bonchev–Trinajstić information content (AvgIpc) is 3.58. The van der Waals surface area contributed by atoms with E-state index in [2.05, 4.69) is 83.9 Å². The van der Waals surface area contributed by atoms with Crippen LogP contribution in [-0.4, -0.2) is 10.3 Å². The largest absolute Gasteiger partial charge is 2.00 e. The van der Waals surface area contributed by atoms with Crippen molar-refractivity contribution >= 4 is 31.8 Å². The molecule has 3 aromatic rings. The van der Waals surface area contributed by atoms with Gasteiger partial charge >= 0.3 is 29.4 Å². The van der Waals surface area contributed by atoms with Gasteiger partial charge in [0.1, 0.15) is 0 Å². The van der Waals surface area contributed by atoms with Gasteiger partial charge in [-0.1, -0.05) is 88.6 Å². The molecule has 4 rings (SSSR count). The molecule has 0 nitrogen and oxygen atoms in total. The van der Waals surface area contributed by atoms with Crippen LogP contribution in [0.5, 0.6) is 0 Å². The third-order valence-electron chi connectivity index (χ3n) is 6.47. The second-order valence-electron chi connectivity index (χ2n) is 11.7. The Morgan fingerprint density at radius 1 is 0.721 bits per heavy atom. The van der Waals surface area contributed by atoms with Crippen molar-refractivity contribution in [3.8, 4) is 0 Å². The molecule has 3 aromatic carbocycles. The van der Waals surface area contributed by atoms with Gasteiger partial charge in [0, 0.05) is 0 Å². The Balaban J connectivity index is 0.000000973. The maximum absolute atomic E-state index is 13.3. The zero-order valence-electron chi connectivity index (χ0n) is 24.9. The molecule has 0 amide bonds. The monoisotopic (exact) mass is 672 g/mol. The minimum absolute atomic E-state index is 0. The number of rotatable bonds is 5. The van der Waals surface area contributed by atoms with Gasteiger partial charge in [0.2, 0.25) is 0 Å². The van der Waals surface area contributed by atoms with Crippen LogP contribution in [0.25, 0.3) is 0 Å². The molecule has 0 saturated carbocycles. The SMILES string of the molecule is C[C@H](c1[c]cc[c-]1P(c1ccc(C(F)(F)F)cc1)c1ccc(C(F)(F)F)cc1)P(C(C)(C)C)C(C)(C)C.[C]1=C=C=C=[C-]1.[Fe+2]. The van der Waals surface area contributed by atoms with Gasteiger partial charge in [0.25, 0.3) is 0 Å². The molecule has 0 aromatic heterocycles. The van der Waals surface area contributed by atoms with E-state index in [9.17, 15) is 26.3 Å². The smallest absolute Gasteiger partial charge is 0.288 e. The number of hydrogen-bond acceptors (Lipinski definition) is 0. The van der Waals surface area contributed by atoms with Gasteiger partial charge in [-0.05, 0) is 50.8 Å². The van der Waals surface area contributed by atoms with Crippen LogP contribution in [0.15, 0.2) is 77.9 Å². The molecule has 0 heterocycles. The normalized spacial score (nSPS) is 13.7. The molecule has 43 heavy (non-hydrogen) atoms. The number of benzene rings is 2. The van der Waals surface area contributed by atoms with Crippen molar-refractivity contribution in [3.63, 3.8) is 0 Å². The molecule has 2 radical (unpaired) electrons. The van der Waals surface area contributed by atoms with Gasteiger partial charge in [0.15, 0.2) is 0 Å². The first-order valence-electron chi connectivity index (χ1n) is 13.2. The second kappa shape index (κ2) is 14.3. The fourth-order valence-electron chi connectivity index (χ4n) is 5.38. The molecular formula is C34H32F6FeP2. The molecular weight excluding hydrogens is 640 g/mol. The average molecular weight is 672 g/mol. The molecule has 0 saturated heterocycles. The van der Waals surface area contributed by atoms with E-state index in [-0.39, 0.29) is 33.0 Å². The summed E-state index contributed by atoms with van der Waals surface area (Å²) in [5.41, 5.74) is 7.09. The van der Waals surface area contributed by atoms with Crippen LogP contribution >= 0.6 is 15.8 Å². The third kappa shape index (κ3) is 9.66. The Morgan fingerprint density at radius 2 is 1.16 bits per heavy atom. The summed E-state index contributed by atoms with van der Waals surface area (Å²) in [7, 11) is -2.00. The van der Waals surface area contributed by atoms with Crippen molar-refractivity contribution in [2.45, 2.75) is 76.8 Å². The predicted molar refractivity (Wildman–Crippen MR) is 161 cm³/mol. The molecule has 0 N–H and O–H groups in total. The molecule has 1 aliphatic rings. The van der Waals surface area contributed by atoms with E-state index < -0.39 is 39.3 Å². The summed E-state index contributed by atoms with van der Waals surface area (Å²) < 4.78 is 79.5. The minimum atomic E-state index is -4.47. The van der Waals surface area contributed by atoms with Gasteiger partial charge < -0.3 is 0 Å². The standard InChI is InChI=1S/C29H32F6P2.C5.Fe/c1-19(37(26(2,3)4)27(5,6)7)24-9-8-10-25(24)36(22-15-11-20(12-16-22)28(30,31)32)23-17-13-21(14-18-23)29(33,34)35;1-2-4-5-3-1;/h8,10-19H,1-7H3;;/q2*-1;+2/t19-;;/m1../s1. The van der Waals surface area contributed by atoms with Crippen molar-refractivity contribution in [1.82, 2.24) is 0 Å². The van der Waals surface area contributed by atoms with Crippen LogP contribution < -0.4 is 15.9 Å². The number of allylic oxidation sites excluding steroid dienone is 2. The first kappa shape index (κ1) is 37.0. The fourth-order valence-corrected chi connectivity index (χ4v) is 12.8. The zero-order valence-corrected chi connectivity index (χ0v) is 27.8. The van der Waals surface area contributed by atoms with E-state index >= 15 is 0 Å². The molecule has 0 unspecified atom stereocenters. The molecule has 0 spiro atoms. The molecule has 1 atom stereocenters. The van der Waals surface area contributed by atoms with Gasteiger partial charge in [-0.2, -0.15) is 38.0 Å². The van der Waals surface area contributed by atoms with Crippen molar-refractivity contribution in [2.24, 2.45) is 0 Å². The Kier molecular flexibility index (Phi) is 12.3. The van der Waals surface area contributed by atoms with Crippen molar-refractivity contribution < 1.29 is 43.4 Å². The molecule has 228 valence electrons. The number of alkyl halides is 6. The van der Waals surface area contributed by atoms with Gasteiger partial charge in [0.05, 0.1) is 11.1 Å². The first-order valence-corrected chi connectivity index (χ1v) is 15.9. The van der Waals surface area contributed by atoms with Gasteiger partial charge in [-0.25, -0.2) is 17.9 Å². The molecule has 0 fully saturated rings. The summed E-state index contributed by atoms with van der Waals surface area (Å²) in [4.78, 5) is 0. The maximum Gasteiger partial charge on any atom is 2.00 e. The van der Waals surface area contributed by atoms with Crippen LogP contribution in [0.2, 0.25) is 0 Å². The van der Waals surface area contributed by atoms with Crippen LogP contribution in [0.4, 0.5) is 26.3 Å². The van der Waals surface area contributed by atoms with Crippen LogP contribution in [0.1, 0.15) is 70.8 Å². The summed E-state index contributed by atoms with van der Waals surface area (Å²) in [6.45, 7) is 15.5.